The number of rotatable bonds is 4. The van der Waals surface area contributed by atoms with E-state index in [1.165, 1.54) is 0 Å². The third kappa shape index (κ3) is 3.23. The minimum atomic E-state index is -1.20. The van der Waals surface area contributed by atoms with Crippen molar-refractivity contribution in [2.75, 3.05) is 11.9 Å². The van der Waals surface area contributed by atoms with Crippen LogP contribution in [0.3, 0.4) is 0 Å². The van der Waals surface area contributed by atoms with E-state index in [1.807, 2.05) is 0 Å². The Labute approximate surface area is 99.0 Å². The Hall–Kier alpha value is -1.04. The van der Waals surface area contributed by atoms with Crippen molar-refractivity contribution < 1.29 is 18.0 Å². The lowest BCUT2D eigenvalue weighted by molar-refractivity contribution is 0.0945. The summed E-state index contributed by atoms with van der Waals surface area (Å²) in [6.45, 7) is 0.292. The number of halogens is 4. The van der Waals surface area contributed by atoms with Crippen LogP contribution in [0.15, 0.2) is 12.1 Å². The summed E-state index contributed by atoms with van der Waals surface area (Å²) in [6.07, 6.45) is 0.635. The summed E-state index contributed by atoms with van der Waals surface area (Å²) in [6, 6.07) is 0.949. The molecule has 1 aromatic carbocycles. The topological polar surface area (TPSA) is 29.1 Å². The number of carbonyl (C=O) groups excluding carboxylic acids is 1. The molecule has 0 fully saturated rings. The zero-order valence-corrected chi connectivity index (χ0v) is 9.78. The van der Waals surface area contributed by atoms with E-state index in [0.717, 1.165) is 0 Å². The molecule has 1 rings (SSSR count). The van der Waals surface area contributed by atoms with Crippen LogP contribution in [0.2, 0.25) is 0 Å². The molecule has 0 bridgehead atoms. The van der Waals surface area contributed by atoms with E-state index in [4.69, 9.17) is 0 Å². The normalized spacial score (nSPS) is 10.2. The average molecular weight is 296 g/mol. The zero-order valence-electron chi connectivity index (χ0n) is 8.20. The van der Waals surface area contributed by atoms with Crippen molar-refractivity contribution in [3.05, 3.63) is 35.1 Å². The number of alkyl halides is 1. The van der Waals surface area contributed by atoms with E-state index in [0.29, 0.717) is 30.4 Å². The summed E-state index contributed by atoms with van der Waals surface area (Å²) >= 11 is 3.15. The van der Waals surface area contributed by atoms with Crippen molar-refractivity contribution in [3.8, 4) is 0 Å². The second-order valence-electron chi connectivity index (χ2n) is 3.04. The van der Waals surface area contributed by atoms with Gasteiger partial charge in [0.25, 0.3) is 5.91 Å². The highest BCUT2D eigenvalue weighted by molar-refractivity contribution is 9.09. The highest BCUT2D eigenvalue weighted by Crippen LogP contribution is 2.14. The maximum absolute atomic E-state index is 13.1. The van der Waals surface area contributed by atoms with Gasteiger partial charge < -0.3 is 5.32 Å². The minimum Gasteiger partial charge on any atom is -0.352 e. The molecule has 0 heterocycles. The predicted molar refractivity (Wildman–Crippen MR) is 57.1 cm³/mol. The molecule has 0 aliphatic heterocycles. The Kier molecular flexibility index (Phi) is 4.79. The van der Waals surface area contributed by atoms with E-state index < -0.39 is 28.9 Å². The standard InChI is InChI=1S/C10H9BrF3NO/c11-2-1-3-15-10(16)9-7(13)4-6(12)5-8(9)14/h4-5H,1-3H2,(H,15,16). The summed E-state index contributed by atoms with van der Waals surface area (Å²) in [7, 11) is 0. The van der Waals surface area contributed by atoms with Crippen molar-refractivity contribution in [1.82, 2.24) is 5.32 Å². The fraction of sp³-hybridized carbons (Fsp3) is 0.300. The lowest BCUT2D eigenvalue weighted by Gasteiger charge is -2.06. The molecule has 1 aromatic rings. The van der Waals surface area contributed by atoms with Gasteiger partial charge in [-0.15, -0.1) is 0 Å². The lowest BCUT2D eigenvalue weighted by Crippen LogP contribution is -2.26. The molecule has 0 unspecified atom stereocenters. The Morgan fingerprint density at radius 1 is 1.25 bits per heavy atom. The quantitative estimate of drug-likeness (QED) is 0.671. The molecule has 1 N–H and O–H groups in total. The summed E-state index contributed by atoms with van der Waals surface area (Å²) in [4.78, 5) is 11.3. The first-order valence-corrected chi connectivity index (χ1v) is 5.67. The van der Waals surface area contributed by atoms with Crippen LogP contribution in [0.25, 0.3) is 0 Å². The number of carbonyl (C=O) groups is 1. The summed E-state index contributed by atoms with van der Waals surface area (Å²) in [5.74, 6) is -4.33. The molecule has 88 valence electrons. The molecule has 0 aliphatic carbocycles. The van der Waals surface area contributed by atoms with Gasteiger partial charge in [0.15, 0.2) is 0 Å². The predicted octanol–water partition coefficient (Wildman–Crippen LogP) is 2.62. The molecule has 2 nitrogen and oxygen atoms in total. The maximum atomic E-state index is 13.1. The fourth-order valence-corrected chi connectivity index (χ4v) is 1.40. The number of amides is 1. The molecule has 0 saturated carbocycles. The maximum Gasteiger partial charge on any atom is 0.257 e. The Balaban J connectivity index is 2.83. The van der Waals surface area contributed by atoms with Gasteiger partial charge in [0, 0.05) is 24.0 Å². The lowest BCUT2D eigenvalue weighted by atomic mass is 10.2. The van der Waals surface area contributed by atoms with Crippen LogP contribution < -0.4 is 5.32 Å². The van der Waals surface area contributed by atoms with Gasteiger partial charge in [0.05, 0.1) is 0 Å². The minimum absolute atomic E-state index is 0.292. The number of benzene rings is 1. The van der Waals surface area contributed by atoms with E-state index in [1.54, 1.807) is 0 Å². The third-order valence-corrected chi connectivity index (χ3v) is 2.39. The van der Waals surface area contributed by atoms with E-state index in [-0.39, 0.29) is 0 Å². The monoisotopic (exact) mass is 295 g/mol. The van der Waals surface area contributed by atoms with Crippen LogP contribution in [0.5, 0.6) is 0 Å². The molecular formula is C10H9BrF3NO. The summed E-state index contributed by atoms with van der Waals surface area (Å²) in [5, 5.41) is 3.00. The van der Waals surface area contributed by atoms with Gasteiger partial charge in [-0.25, -0.2) is 13.2 Å². The van der Waals surface area contributed by atoms with Crippen LogP contribution in [0.1, 0.15) is 16.8 Å². The molecule has 0 saturated heterocycles. The number of nitrogens with one attached hydrogen (secondary N) is 1. The highest BCUT2D eigenvalue weighted by Gasteiger charge is 2.18. The van der Waals surface area contributed by atoms with Crippen LogP contribution in [-0.4, -0.2) is 17.8 Å². The molecule has 0 spiro atoms. The van der Waals surface area contributed by atoms with Gasteiger partial charge in [0.2, 0.25) is 0 Å². The van der Waals surface area contributed by atoms with E-state index in [2.05, 4.69) is 21.2 Å². The molecule has 16 heavy (non-hydrogen) atoms. The van der Waals surface area contributed by atoms with Crippen molar-refractivity contribution >= 4 is 21.8 Å². The zero-order chi connectivity index (χ0) is 12.1. The van der Waals surface area contributed by atoms with Crippen LogP contribution in [-0.2, 0) is 0 Å². The van der Waals surface area contributed by atoms with Gasteiger partial charge in [-0.1, -0.05) is 15.9 Å². The first-order chi connectivity index (χ1) is 7.56. The molecule has 0 radical (unpaired) electrons. The molecule has 1 amide bonds. The van der Waals surface area contributed by atoms with Crippen molar-refractivity contribution in [2.24, 2.45) is 0 Å². The Bertz CT molecular complexity index is 375. The van der Waals surface area contributed by atoms with Gasteiger partial charge in [-0.2, -0.15) is 0 Å². The first kappa shape index (κ1) is 13.0. The Morgan fingerprint density at radius 3 is 2.31 bits per heavy atom. The van der Waals surface area contributed by atoms with Crippen LogP contribution in [0, 0.1) is 17.5 Å². The van der Waals surface area contributed by atoms with Gasteiger partial charge in [-0.05, 0) is 6.42 Å². The van der Waals surface area contributed by atoms with E-state index >= 15 is 0 Å². The molecule has 6 heteroatoms. The summed E-state index contributed by atoms with van der Waals surface area (Å²) < 4.78 is 38.8. The molecule has 0 aromatic heterocycles. The second kappa shape index (κ2) is 5.89. The first-order valence-electron chi connectivity index (χ1n) is 4.55. The van der Waals surface area contributed by atoms with Crippen LogP contribution >= 0.6 is 15.9 Å². The van der Waals surface area contributed by atoms with E-state index in [9.17, 15) is 18.0 Å². The average Bonchev–Trinajstić information content (AvgIpc) is 2.16. The Morgan fingerprint density at radius 2 is 1.81 bits per heavy atom. The molecule has 0 aliphatic rings. The van der Waals surface area contributed by atoms with Crippen LogP contribution in [0.4, 0.5) is 13.2 Å². The molecule has 0 atom stereocenters. The van der Waals surface area contributed by atoms with Crippen molar-refractivity contribution in [3.63, 3.8) is 0 Å². The largest absolute Gasteiger partial charge is 0.352 e. The van der Waals surface area contributed by atoms with Gasteiger partial charge >= 0.3 is 0 Å². The summed E-state index contributed by atoms with van der Waals surface area (Å²) in [5.41, 5.74) is -0.754. The third-order valence-electron chi connectivity index (χ3n) is 1.83. The van der Waals surface area contributed by atoms with Crippen molar-refractivity contribution in [2.45, 2.75) is 6.42 Å². The molecular weight excluding hydrogens is 287 g/mol. The number of hydrogen-bond donors (Lipinski definition) is 1. The number of hydrogen-bond acceptors (Lipinski definition) is 1. The van der Waals surface area contributed by atoms with Gasteiger partial charge in [-0.3, -0.25) is 4.79 Å². The van der Waals surface area contributed by atoms with Gasteiger partial charge in [0.1, 0.15) is 23.0 Å². The second-order valence-corrected chi connectivity index (χ2v) is 3.84. The smallest absolute Gasteiger partial charge is 0.257 e. The van der Waals surface area contributed by atoms with Crippen molar-refractivity contribution in [1.29, 1.82) is 0 Å². The SMILES string of the molecule is O=C(NCCCBr)c1c(F)cc(F)cc1F. The fourth-order valence-electron chi connectivity index (χ4n) is 1.12. The highest BCUT2D eigenvalue weighted by atomic mass is 79.9.